The molecular formula is C26H29F2N3O2S. The highest BCUT2D eigenvalue weighted by Crippen LogP contribution is 2.20. The summed E-state index contributed by atoms with van der Waals surface area (Å²) in [5.74, 6) is -1.22. The molecule has 5 nitrogen and oxygen atoms in total. The summed E-state index contributed by atoms with van der Waals surface area (Å²) in [6.07, 6.45) is 0.962. The third-order valence-corrected chi connectivity index (χ3v) is 5.52. The zero-order valence-corrected chi connectivity index (χ0v) is 20.2. The quantitative estimate of drug-likeness (QED) is 0.374. The maximum Gasteiger partial charge on any atom is 0.248 e. The van der Waals surface area contributed by atoms with E-state index in [4.69, 9.17) is 5.73 Å². The molecule has 0 heterocycles. The Balaban J connectivity index is 0.000000340. The standard InChI is InChI=1S/C19H23FN2OS.C7H6FNO/c1-19(2,3)22-24-17-11-9-16(10-12-17)21-18(23)13-6-14-4-7-15(20)8-5-14;8-6-3-1-5(2-4-6)7(9)10/h4-5,7-12,22H,6,13H2,1-3H3,(H,21,23);1-4H,(H2,9,10). The predicted octanol–water partition coefficient (Wildman–Crippen LogP) is 5.72. The van der Waals surface area contributed by atoms with Gasteiger partial charge in [-0.25, -0.2) is 8.78 Å². The Morgan fingerprint density at radius 3 is 1.88 bits per heavy atom. The molecule has 0 radical (unpaired) electrons. The number of nitrogens with one attached hydrogen (secondary N) is 2. The molecule has 3 aromatic carbocycles. The molecular weight excluding hydrogens is 456 g/mol. The van der Waals surface area contributed by atoms with Gasteiger partial charge in [0.2, 0.25) is 11.8 Å². The lowest BCUT2D eigenvalue weighted by atomic mass is 10.1. The number of carbonyl (C=O) groups is 2. The number of amides is 2. The van der Waals surface area contributed by atoms with Gasteiger partial charge in [0.1, 0.15) is 11.6 Å². The van der Waals surface area contributed by atoms with Crippen molar-refractivity contribution in [2.24, 2.45) is 5.73 Å². The zero-order chi connectivity index (χ0) is 25.1. The fourth-order valence-corrected chi connectivity index (χ4v) is 3.26. The van der Waals surface area contributed by atoms with Crippen LogP contribution in [-0.4, -0.2) is 17.4 Å². The summed E-state index contributed by atoms with van der Waals surface area (Å²) in [7, 11) is 0. The van der Waals surface area contributed by atoms with E-state index in [1.165, 1.54) is 36.4 Å². The van der Waals surface area contributed by atoms with Crippen molar-refractivity contribution < 1.29 is 18.4 Å². The number of benzene rings is 3. The fraction of sp³-hybridized carbons (Fsp3) is 0.231. The van der Waals surface area contributed by atoms with Gasteiger partial charge in [-0.2, -0.15) is 0 Å². The minimum absolute atomic E-state index is 0.0396. The fourth-order valence-electron chi connectivity index (χ4n) is 2.56. The molecule has 0 aliphatic rings. The first-order valence-corrected chi connectivity index (χ1v) is 11.5. The third-order valence-electron chi connectivity index (χ3n) is 4.30. The van der Waals surface area contributed by atoms with E-state index in [0.29, 0.717) is 18.4 Å². The lowest BCUT2D eigenvalue weighted by Crippen LogP contribution is -2.29. The Labute approximate surface area is 203 Å². The molecule has 0 saturated heterocycles. The molecule has 0 bridgehead atoms. The number of hydrogen-bond acceptors (Lipinski definition) is 4. The second-order valence-corrected chi connectivity index (χ2v) is 9.40. The topological polar surface area (TPSA) is 84.2 Å². The first-order valence-electron chi connectivity index (χ1n) is 10.7. The number of aryl methyl sites for hydroxylation is 1. The third kappa shape index (κ3) is 10.6. The number of rotatable bonds is 7. The average Bonchev–Trinajstić information content (AvgIpc) is 2.78. The Bertz CT molecular complexity index is 1070. The van der Waals surface area contributed by atoms with Gasteiger partial charge in [0, 0.05) is 28.1 Å². The smallest absolute Gasteiger partial charge is 0.248 e. The van der Waals surface area contributed by atoms with Crippen molar-refractivity contribution in [3.05, 3.63) is 95.6 Å². The zero-order valence-electron chi connectivity index (χ0n) is 19.4. The van der Waals surface area contributed by atoms with Crippen LogP contribution < -0.4 is 15.8 Å². The van der Waals surface area contributed by atoms with E-state index in [1.807, 2.05) is 24.3 Å². The summed E-state index contributed by atoms with van der Waals surface area (Å²) < 4.78 is 28.4. The summed E-state index contributed by atoms with van der Waals surface area (Å²) in [5.41, 5.74) is 6.99. The molecule has 3 aromatic rings. The molecule has 0 spiro atoms. The molecule has 4 N–H and O–H groups in total. The summed E-state index contributed by atoms with van der Waals surface area (Å²) in [5, 5.41) is 2.88. The Hall–Kier alpha value is -3.23. The molecule has 0 fully saturated rings. The molecule has 3 rings (SSSR count). The Morgan fingerprint density at radius 1 is 0.853 bits per heavy atom. The summed E-state index contributed by atoms with van der Waals surface area (Å²) in [6.45, 7) is 6.32. The van der Waals surface area contributed by atoms with E-state index in [1.54, 1.807) is 24.1 Å². The first kappa shape index (κ1) is 27.0. The SMILES string of the molecule is CC(C)(C)NSc1ccc(NC(=O)CCc2ccc(F)cc2)cc1.NC(=O)c1ccc(F)cc1. The largest absolute Gasteiger partial charge is 0.366 e. The number of anilines is 1. The van der Waals surface area contributed by atoms with Crippen LogP contribution in [0.4, 0.5) is 14.5 Å². The second-order valence-electron chi connectivity index (χ2n) is 8.52. The summed E-state index contributed by atoms with van der Waals surface area (Å²) in [6, 6.07) is 19.0. The van der Waals surface area contributed by atoms with Crippen molar-refractivity contribution >= 4 is 29.4 Å². The monoisotopic (exact) mass is 485 g/mol. The number of nitrogens with two attached hydrogens (primary N) is 1. The second kappa shape index (κ2) is 12.9. The normalized spacial score (nSPS) is 10.7. The van der Waals surface area contributed by atoms with Crippen molar-refractivity contribution in [1.82, 2.24) is 4.72 Å². The van der Waals surface area contributed by atoms with Crippen molar-refractivity contribution in [3.63, 3.8) is 0 Å². The van der Waals surface area contributed by atoms with E-state index in [9.17, 15) is 18.4 Å². The highest BCUT2D eigenvalue weighted by molar-refractivity contribution is 7.97. The molecule has 0 aromatic heterocycles. The van der Waals surface area contributed by atoms with Crippen LogP contribution >= 0.6 is 11.9 Å². The minimum Gasteiger partial charge on any atom is -0.366 e. The van der Waals surface area contributed by atoms with Gasteiger partial charge < -0.3 is 11.1 Å². The van der Waals surface area contributed by atoms with E-state index in [2.05, 4.69) is 30.8 Å². The molecule has 2 amide bonds. The summed E-state index contributed by atoms with van der Waals surface area (Å²) >= 11 is 1.57. The van der Waals surface area contributed by atoms with Gasteiger partial charge in [-0.15, -0.1) is 0 Å². The number of primary amides is 1. The van der Waals surface area contributed by atoms with Crippen LogP contribution in [0, 0.1) is 11.6 Å². The van der Waals surface area contributed by atoms with Gasteiger partial charge in [-0.05, 0) is 105 Å². The minimum atomic E-state index is -0.542. The van der Waals surface area contributed by atoms with Gasteiger partial charge >= 0.3 is 0 Å². The van der Waals surface area contributed by atoms with Crippen molar-refractivity contribution in [3.8, 4) is 0 Å². The predicted molar refractivity (Wildman–Crippen MR) is 133 cm³/mol. The lowest BCUT2D eigenvalue weighted by Gasteiger charge is -2.19. The van der Waals surface area contributed by atoms with Crippen molar-refractivity contribution in [2.75, 3.05) is 5.32 Å². The van der Waals surface area contributed by atoms with Crippen LogP contribution in [0.3, 0.4) is 0 Å². The molecule has 34 heavy (non-hydrogen) atoms. The highest BCUT2D eigenvalue weighted by Gasteiger charge is 2.09. The molecule has 0 aliphatic carbocycles. The molecule has 180 valence electrons. The molecule has 0 saturated carbocycles. The number of carbonyl (C=O) groups excluding carboxylic acids is 2. The molecule has 0 unspecified atom stereocenters. The van der Waals surface area contributed by atoms with Crippen LogP contribution in [0.25, 0.3) is 0 Å². The highest BCUT2D eigenvalue weighted by atomic mass is 32.2. The van der Waals surface area contributed by atoms with Crippen LogP contribution in [-0.2, 0) is 11.2 Å². The van der Waals surface area contributed by atoms with Crippen LogP contribution in [0.15, 0.2) is 77.7 Å². The van der Waals surface area contributed by atoms with Crippen molar-refractivity contribution in [2.45, 2.75) is 44.0 Å². The molecule has 0 aliphatic heterocycles. The maximum absolute atomic E-state index is 12.8. The van der Waals surface area contributed by atoms with Crippen LogP contribution in [0.2, 0.25) is 0 Å². The van der Waals surface area contributed by atoms with Crippen LogP contribution in [0.5, 0.6) is 0 Å². The van der Waals surface area contributed by atoms with E-state index in [0.717, 1.165) is 16.1 Å². The van der Waals surface area contributed by atoms with Gasteiger partial charge in [-0.3, -0.25) is 14.3 Å². The molecule has 8 heteroatoms. The number of hydrogen-bond donors (Lipinski definition) is 3. The Morgan fingerprint density at radius 2 is 1.38 bits per heavy atom. The number of halogens is 2. The van der Waals surface area contributed by atoms with E-state index >= 15 is 0 Å². The van der Waals surface area contributed by atoms with E-state index in [-0.39, 0.29) is 23.1 Å². The van der Waals surface area contributed by atoms with Gasteiger partial charge in [-0.1, -0.05) is 12.1 Å². The summed E-state index contributed by atoms with van der Waals surface area (Å²) in [4.78, 5) is 23.5. The maximum atomic E-state index is 12.8. The van der Waals surface area contributed by atoms with Crippen LogP contribution in [0.1, 0.15) is 43.1 Å². The molecule has 0 atom stereocenters. The van der Waals surface area contributed by atoms with Gasteiger partial charge in [0.05, 0.1) is 0 Å². The Kier molecular flexibility index (Phi) is 10.2. The first-order chi connectivity index (χ1) is 16.0. The average molecular weight is 486 g/mol. The van der Waals surface area contributed by atoms with E-state index < -0.39 is 5.91 Å². The van der Waals surface area contributed by atoms with Gasteiger partial charge in [0.15, 0.2) is 0 Å². The lowest BCUT2D eigenvalue weighted by molar-refractivity contribution is -0.116. The van der Waals surface area contributed by atoms with Crippen molar-refractivity contribution in [1.29, 1.82) is 0 Å². The van der Waals surface area contributed by atoms with Gasteiger partial charge in [0.25, 0.3) is 0 Å².